The van der Waals surface area contributed by atoms with Crippen molar-refractivity contribution in [3.05, 3.63) is 46.7 Å². The highest BCUT2D eigenvalue weighted by atomic mass is 32.1. The lowest BCUT2D eigenvalue weighted by Gasteiger charge is -2.03. The lowest BCUT2D eigenvalue weighted by atomic mass is 10.2. The van der Waals surface area contributed by atoms with Crippen molar-refractivity contribution in [2.75, 3.05) is 5.73 Å². The molecule has 0 amide bonds. The molecule has 0 radical (unpaired) electrons. The molecule has 0 bridgehead atoms. The summed E-state index contributed by atoms with van der Waals surface area (Å²) in [6.45, 7) is 0. The molecule has 96 valence electrons. The molecule has 0 unspecified atom stereocenters. The van der Waals surface area contributed by atoms with E-state index in [9.17, 15) is 0 Å². The molecule has 6 heteroatoms. The second kappa shape index (κ2) is 4.81. The third-order valence-corrected chi connectivity index (χ3v) is 3.58. The molecule has 0 saturated carbocycles. The van der Waals surface area contributed by atoms with Gasteiger partial charge in [0.1, 0.15) is 11.6 Å². The first-order chi connectivity index (χ1) is 9.20. The molecule has 0 spiro atoms. The minimum Gasteiger partial charge on any atom is -0.384 e. The Morgan fingerprint density at radius 1 is 1.37 bits per heavy atom. The minimum atomic E-state index is 0.486. The maximum absolute atomic E-state index is 5.86. The number of thiophene rings is 1. The Morgan fingerprint density at radius 2 is 2.26 bits per heavy atom. The van der Waals surface area contributed by atoms with Gasteiger partial charge in [0, 0.05) is 36.2 Å². The van der Waals surface area contributed by atoms with Crippen LogP contribution in [0.5, 0.6) is 0 Å². The zero-order chi connectivity index (χ0) is 13.2. The first kappa shape index (κ1) is 11.9. The molecule has 3 aromatic heterocycles. The normalized spacial score (nSPS) is 10.8. The quantitative estimate of drug-likeness (QED) is 0.792. The van der Waals surface area contributed by atoms with Crippen molar-refractivity contribution in [3.63, 3.8) is 0 Å². The standard InChI is InChI=1S/C13H13N5S/c1-18-8-9(7-15-18)11-6-12(14)17-13(16-11)5-10-3-2-4-19-10/h2-4,6-8H,5H2,1H3,(H2,14,16,17). The average Bonchev–Trinajstić information content (AvgIpc) is 3.00. The zero-order valence-electron chi connectivity index (χ0n) is 10.4. The molecule has 5 nitrogen and oxygen atoms in total. The van der Waals surface area contributed by atoms with Gasteiger partial charge in [-0.25, -0.2) is 9.97 Å². The number of rotatable bonds is 3. The van der Waals surface area contributed by atoms with Crippen LogP contribution in [0, 0.1) is 0 Å². The summed E-state index contributed by atoms with van der Waals surface area (Å²) in [6.07, 6.45) is 4.39. The van der Waals surface area contributed by atoms with Crippen LogP contribution in [0.1, 0.15) is 10.7 Å². The maximum atomic E-state index is 5.86. The van der Waals surface area contributed by atoms with Gasteiger partial charge in [0.25, 0.3) is 0 Å². The molecule has 3 rings (SSSR count). The number of aromatic nitrogens is 4. The number of nitrogen functional groups attached to an aromatic ring is 1. The van der Waals surface area contributed by atoms with Crippen LogP contribution in [0.25, 0.3) is 11.3 Å². The molecule has 0 saturated heterocycles. The number of aryl methyl sites for hydroxylation is 1. The number of hydrogen-bond donors (Lipinski definition) is 1. The third-order valence-electron chi connectivity index (χ3n) is 2.71. The first-order valence-corrected chi connectivity index (χ1v) is 6.73. The van der Waals surface area contributed by atoms with Crippen molar-refractivity contribution in [2.24, 2.45) is 7.05 Å². The molecule has 3 aromatic rings. The Balaban J connectivity index is 1.96. The Labute approximate surface area is 114 Å². The van der Waals surface area contributed by atoms with Gasteiger partial charge in [0.15, 0.2) is 0 Å². The fourth-order valence-corrected chi connectivity index (χ4v) is 2.57. The Kier molecular flexibility index (Phi) is 3.00. The zero-order valence-corrected chi connectivity index (χ0v) is 11.3. The van der Waals surface area contributed by atoms with E-state index < -0.39 is 0 Å². The summed E-state index contributed by atoms with van der Waals surface area (Å²) in [7, 11) is 1.88. The molecule has 0 fully saturated rings. The predicted octanol–water partition coefficient (Wildman–Crippen LogP) is 2.11. The molecule has 3 heterocycles. The summed E-state index contributed by atoms with van der Waals surface area (Å²) < 4.78 is 1.74. The molecule has 2 N–H and O–H groups in total. The fourth-order valence-electron chi connectivity index (χ4n) is 1.87. The second-order valence-corrected chi connectivity index (χ2v) is 5.29. The summed E-state index contributed by atoms with van der Waals surface area (Å²) in [5.41, 5.74) is 7.62. The highest BCUT2D eigenvalue weighted by molar-refractivity contribution is 7.09. The van der Waals surface area contributed by atoms with Gasteiger partial charge >= 0.3 is 0 Å². The molecule has 0 aliphatic rings. The summed E-state index contributed by atoms with van der Waals surface area (Å²) >= 11 is 1.69. The van der Waals surface area contributed by atoms with Gasteiger partial charge in [-0.3, -0.25) is 4.68 Å². The van der Waals surface area contributed by atoms with Gasteiger partial charge in [-0.15, -0.1) is 11.3 Å². The number of hydrogen-bond acceptors (Lipinski definition) is 5. The largest absolute Gasteiger partial charge is 0.384 e. The van der Waals surface area contributed by atoms with Crippen LogP contribution in [0.15, 0.2) is 36.0 Å². The van der Waals surface area contributed by atoms with E-state index in [2.05, 4.69) is 21.1 Å². The van der Waals surface area contributed by atoms with E-state index in [4.69, 9.17) is 5.73 Å². The van der Waals surface area contributed by atoms with E-state index in [0.29, 0.717) is 12.2 Å². The van der Waals surface area contributed by atoms with E-state index in [1.807, 2.05) is 24.7 Å². The monoisotopic (exact) mass is 271 g/mol. The smallest absolute Gasteiger partial charge is 0.136 e. The van der Waals surface area contributed by atoms with Crippen LogP contribution in [-0.2, 0) is 13.5 Å². The number of anilines is 1. The first-order valence-electron chi connectivity index (χ1n) is 5.85. The van der Waals surface area contributed by atoms with E-state index in [1.165, 1.54) is 4.88 Å². The Hall–Kier alpha value is -2.21. The van der Waals surface area contributed by atoms with Crippen molar-refractivity contribution < 1.29 is 0 Å². The van der Waals surface area contributed by atoms with Crippen molar-refractivity contribution in [2.45, 2.75) is 6.42 Å². The van der Waals surface area contributed by atoms with Gasteiger partial charge in [0.2, 0.25) is 0 Å². The molecule has 0 atom stereocenters. The molecule has 0 aromatic carbocycles. The topological polar surface area (TPSA) is 69.6 Å². The molecule has 0 aliphatic heterocycles. The van der Waals surface area contributed by atoms with E-state index in [1.54, 1.807) is 28.3 Å². The van der Waals surface area contributed by atoms with Crippen LogP contribution in [0.3, 0.4) is 0 Å². The van der Waals surface area contributed by atoms with Crippen LogP contribution in [0.2, 0.25) is 0 Å². The Bertz CT molecular complexity index is 687. The molecule has 0 aliphatic carbocycles. The van der Waals surface area contributed by atoms with Gasteiger partial charge in [-0.1, -0.05) is 6.07 Å². The van der Waals surface area contributed by atoms with Crippen LogP contribution in [-0.4, -0.2) is 19.7 Å². The minimum absolute atomic E-state index is 0.486. The summed E-state index contributed by atoms with van der Waals surface area (Å²) in [5.74, 6) is 1.22. The number of nitrogens with two attached hydrogens (primary N) is 1. The molecule has 19 heavy (non-hydrogen) atoms. The van der Waals surface area contributed by atoms with Crippen molar-refractivity contribution in [3.8, 4) is 11.3 Å². The van der Waals surface area contributed by atoms with Gasteiger partial charge < -0.3 is 5.73 Å². The van der Waals surface area contributed by atoms with E-state index in [-0.39, 0.29) is 0 Å². The lowest BCUT2D eigenvalue weighted by Crippen LogP contribution is -2.01. The molecular formula is C13H13N5S. The second-order valence-electron chi connectivity index (χ2n) is 4.25. The van der Waals surface area contributed by atoms with Crippen LogP contribution >= 0.6 is 11.3 Å². The third kappa shape index (κ3) is 2.63. The van der Waals surface area contributed by atoms with Gasteiger partial charge in [-0.2, -0.15) is 5.10 Å². The van der Waals surface area contributed by atoms with Crippen LogP contribution < -0.4 is 5.73 Å². The maximum Gasteiger partial charge on any atom is 0.136 e. The number of nitrogens with zero attached hydrogens (tertiary/aromatic N) is 4. The predicted molar refractivity (Wildman–Crippen MR) is 75.8 cm³/mol. The van der Waals surface area contributed by atoms with Crippen molar-refractivity contribution >= 4 is 17.2 Å². The van der Waals surface area contributed by atoms with E-state index >= 15 is 0 Å². The SMILES string of the molecule is Cn1cc(-c2cc(N)nc(Cc3cccs3)n2)cn1. The summed E-state index contributed by atoms with van der Waals surface area (Å²) in [4.78, 5) is 10.1. The highest BCUT2D eigenvalue weighted by Crippen LogP contribution is 2.20. The fraction of sp³-hybridized carbons (Fsp3) is 0.154. The van der Waals surface area contributed by atoms with Gasteiger partial charge in [0.05, 0.1) is 11.9 Å². The van der Waals surface area contributed by atoms with Crippen molar-refractivity contribution in [1.82, 2.24) is 19.7 Å². The Morgan fingerprint density at radius 3 is 2.95 bits per heavy atom. The van der Waals surface area contributed by atoms with Gasteiger partial charge in [-0.05, 0) is 11.4 Å². The van der Waals surface area contributed by atoms with E-state index in [0.717, 1.165) is 17.1 Å². The van der Waals surface area contributed by atoms with Crippen LogP contribution in [0.4, 0.5) is 5.82 Å². The summed E-state index contributed by atoms with van der Waals surface area (Å²) in [5, 5.41) is 6.19. The molecular weight excluding hydrogens is 258 g/mol. The highest BCUT2D eigenvalue weighted by Gasteiger charge is 2.08. The van der Waals surface area contributed by atoms with Crippen molar-refractivity contribution in [1.29, 1.82) is 0 Å². The summed E-state index contributed by atoms with van der Waals surface area (Å²) in [6, 6.07) is 5.87. The lowest BCUT2D eigenvalue weighted by molar-refractivity contribution is 0.768. The average molecular weight is 271 g/mol.